The minimum Gasteiger partial charge on any atom is -0.0504 e. The SMILES string of the molecule is CC1CCC(C2CCCC(C3CCCC(C[I-]I)CC3)CCC2)CC1. The Hall–Kier alpha value is 1.46. The summed E-state index contributed by atoms with van der Waals surface area (Å²) in [5, 5.41) is 0. The number of halogens is 2. The van der Waals surface area contributed by atoms with E-state index in [2.05, 4.69) is 25.5 Å². The quantitative estimate of drug-likeness (QED) is 0.252. The van der Waals surface area contributed by atoms with E-state index >= 15 is 0 Å². The third-order valence-corrected chi connectivity index (χ3v) is 11.9. The van der Waals surface area contributed by atoms with Crippen molar-refractivity contribution in [2.24, 2.45) is 35.5 Å². The summed E-state index contributed by atoms with van der Waals surface area (Å²) in [4.78, 5) is 0. The van der Waals surface area contributed by atoms with Crippen molar-refractivity contribution >= 4 is 18.6 Å². The van der Waals surface area contributed by atoms with E-state index in [1.165, 1.54) is 12.8 Å². The van der Waals surface area contributed by atoms with E-state index in [0.717, 1.165) is 35.5 Å². The molecular formula is C23H41I2-. The molecule has 0 radical (unpaired) electrons. The van der Waals surface area contributed by atoms with Gasteiger partial charge in [0, 0.05) is 0 Å². The summed E-state index contributed by atoms with van der Waals surface area (Å²) >= 11 is 3.18. The molecule has 0 saturated heterocycles. The van der Waals surface area contributed by atoms with Gasteiger partial charge in [-0.05, 0) is 5.92 Å². The first kappa shape index (κ1) is 21.2. The second-order valence-corrected chi connectivity index (χ2v) is 15.1. The topological polar surface area (TPSA) is 0 Å². The van der Waals surface area contributed by atoms with Crippen LogP contribution in [0, 0.1) is 35.5 Å². The molecule has 3 fully saturated rings. The zero-order chi connectivity index (χ0) is 17.5. The molecule has 3 aliphatic carbocycles. The van der Waals surface area contributed by atoms with E-state index in [1.807, 2.05) is 0 Å². The van der Waals surface area contributed by atoms with Gasteiger partial charge in [-0.25, -0.2) is 0 Å². The van der Waals surface area contributed by atoms with Gasteiger partial charge in [0.2, 0.25) is 0 Å². The Labute approximate surface area is 177 Å². The maximum atomic E-state index is 2.69. The first-order valence-corrected chi connectivity index (χ1v) is 19.3. The molecule has 0 aromatic rings. The van der Waals surface area contributed by atoms with Crippen LogP contribution in [0.25, 0.3) is 0 Å². The summed E-state index contributed by atoms with van der Waals surface area (Å²) < 4.78 is 1.60. The summed E-state index contributed by atoms with van der Waals surface area (Å²) in [6, 6.07) is 0. The molecule has 3 saturated carbocycles. The molecule has 0 nitrogen and oxygen atoms in total. The van der Waals surface area contributed by atoms with Crippen molar-refractivity contribution in [1.29, 1.82) is 0 Å². The molecule has 0 N–H and O–H groups in total. The van der Waals surface area contributed by atoms with Crippen LogP contribution in [-0.4, -0.2) is 4.43 Å². The molecule has 0 aromatic heterocycles. The van der Waals surface area contributed by atoms with Crippen LogP contribution in [0.5, 0.6) is 0 Å². The van der Waals surface area contributed by atoms with Gasteiger partial charge in [0.1, 0.15) is 0 Å². The molecule has 0 aromatic carbocycles. The molecule has 2 atom stereocenters. The standard InChI is InChI=1S/C23H41I2/c1-18-11-14-23(15-12-18)21-9-3-7-20(8-4-10-21)22-6-2-5-19(13-16-22)17-25-24/h18-23H,2-17H2,1H3/q-1. The Bertz CT molecular complexity index is 351. The van der Waals surface area contributed by atoms with Gasteiger partial charge in [-0.1, -0.05) is 19.8 Å². The van der Waals surface area contributed by atoms with E-state index in [4.69, 9.17) is 0 Å². The van der Waals surface area contributed by atoms with Crippen molar-refractivity contribution in [1.82, 2.24) is 0 Å². The fourth-order valence-corrected chi connectivity index (χ4v) is 10.9. The Morgan fingerprint density at radius 3 is 1.60 bits per heavy atom. The fraction of sp³-hybridized carbons (Fsp3) is 1.00. The van der Waals surface area contributed by atoms with Crippen LogP contribution in [-0.2, 0) is 0 Å². The van der Waals surface area contributed by atoms with E-state index in [0.29, 0.717) is 17.2 Å². The molecule has 2 heteroatoms. The third-order valence-electron chi connectivity index (χ3n) is 8.10. The van der Waals surface area contributed by atoms with E-state index in [-0.39, 0.29) is 0 Å². The van der Waals surface area contributed by atoms with Gasteiger partial charge in [-0.15, -0.1) is 0 Å². The van der Waals surface area contributed by atoms with Gasteiger partial charge in [0.05, 0.1) is 0 Å². The molecule has 25 heavy (non-hydrogen) atoms. The Morgan fingerprint density at radius 2 is 1.04 bits per heavy atom. The van der Waals surface area contributed by atoms with Crippen LogP contribution in [0.1, 0.15) is 103 Å². The summed E-state index contributed by atoms with van der Waals surface area (Å²) in [7, 11) is 0. The monoisotopic (exact) mass is 571 g/mol. The smallest absolute Gasteiger partial charge is 0.0504 e. The molecule has 0 amide bonds. The third kappa shape index (κ3) is 6.78. The first-order valence-electron chi connectivity index (χ1n) is 11.5. The van der Waals surface area contributed by atoms with Crippen LogP contribution in [0.3, 0.4) is 0 Å². The molecule has 148 valence electrons. The van der Waals surface area contributed by atoms with Gasteiger partial charge < -0.3 is 0 Å². The van der Waals surface area contributed by atoms with Gasteiger partial charge in [-0.2, -0.15) is 0 Å². The molecule has 0 heterocycles. The van der Waals surface area contributed by atoms with Crippen molar-refractivity contribution in [3.8, 4) is 0 Å². The molecular weight excluding hydrogens is 530 g/mol. The average molecular weight is 571 g/mol. The van der Waals surface area contributed by atoms with Crippen molar-refractivity contribution in [3.63, 3.8) is 0 Å². The van der Waals surface area contributed by atoms with Gasteiger partial charge in [0.15, 0.2) is 0 Å². The summed E-state index contributed by atoms with van der Waals surface area (Å²) in [6.07, 6.45) is 23.4. The van der Waals surface area contributed by atoms with Crippen LogP contribution >= 0.6 is 18.6 Å². The number of alkyl halides is 1. The van der Waals surface area contributed by atoms with Crippen molar-refractivity contribution in [2.75, 3.05) is 4.43 Å². The van der Waals surface area contributed by atoms with Crippen LogP contribution < -0.4 is 17.2 Å². The van der Waals surface area contributed by atoms with Gasteiger partial charge in [-0.3, -0.25) is 0 Å². The zero-order valence-electron chi connectivity index (χ0n) is 16.5. The Kier molecular flexibility index (Phi) is 9.71. The first-order chi connectivity index (χ1) is 12.3. The van der Waals surface area contributed by atoms with Gasteiger partial charge in [0.25, 0.3) is 0 Å². The Balaban J connectivity index is 1.43. The molecule has 0 spiro atoms. The average Bonchev–Trinajstić information content (AvgIpc) is 2.82. The molecule has 0 aliphatic heterocycles. The predicted molar refractivity (Wildman–Crippen MR) is 115 cm³/mol. The van der Waals surface area contributed by atoms with E-state index in [1.54, 1.807) is 87.9 Å². The van der Waals surface area contributed by atoms with E-state index in [9.17, 15) is 0 Å². The maximum absolute atomic E-state index is 2.69. The summed E-state index contributed by atoms with van der Waals surface area (Å²) in [6.45, 7) is 2.47. The minimum absolute atomic E-state index is 0.487. The zero-order valence-corrected chi connectivity index (χ0v) is 20.8. The molecule has 2 unspecified atom stereocenters. The molecule has 3 rings (SSSR count). The number of hydrogen-bond donors (Lipinski definition) is 0. The molecule has 3 aliphatic rings. The second-order valence-electron chi connectivity index (χ2n) is 9.79. The fourth-order valence-electron chi connectivity index (χ4n) is 6.39. The molecule has 0 bridgehead atoms. The minimum atomic E-state index is 0.487. The van der Waals surface area contributed by atoms with E-state index < -0.39 is 0 Å². The van der Waals surface area contributed by atoms with Crippen molar-refractivity contribution in [3.05, 3.63) is 0 Å². The number of rotatable bonds is 4. The summed E-state index contributed by atoms with van der Waals surface area (Å²) in [5.74, 6) is 6.52. The Morgan fingerprint density at radius 1 is 0.600 bits per heavy atom. The predicted octanol–water partition coefficient (Wildman–Crippen LogP) is 5.03. The van der Waals surface area contributed by atoms with Gasteiger partial charge >= 0.3 is 153 Å². The van der Waals surface area contributed by atoms with Crippen molar-refractivity contribution in [2.45, 2.75) is 103 Å². The number of hydrogen-bond acceptors (Lipinski definition) is 0. The summed E-state index contributed by atoms with van der Waals surface area (Å²) in [5.41, 5.74) is 0. The second kappa shape index (κ2) is 11.5. The van der Waals surface area contributed by atoms with Crippen LogP contribution in [0.4, 0.5) is 0 Å². The normalized spacial score (nSPS) is 41.7. The van der Waals surface area contributed by atoms with Crippen LogP contribution in [0.15, 0.2) is 0 Å². The van der Waals surface area contributed by atoms with Crippen molar-refractivity contribution < 1.29 is 17.2 Å². The van der Waals surface area contributed by atoms with Crippen LogP contribution in [0.2, 0.25) is 0 Å².